The van der Waals surface area contributed by atoms with Gasteiger partial charge in [-0.25, -0.2) is 4.68 Å². The van der Waals surface area contributed by atoms with E-state index in [-0.39, 0.29) is 12.0 Å². The number of hydrogen-bond acceptors (Lipinski definition) is 6. The average molecular weight is 371 g/mol. The molecule has 8 heteroatoms. The summed E-state index contributed by atoms with van der Waals surface area (Å²) in [6.07, 6.45) is 3.96. The Labute approximate surface area is 158 Å². The van der Waals surface area contributed by atoms with Crippen molar-refractivity contribution in [1.29, 1.82) is 0 Å². The van der Waals surface area contributed by atoms with Crippen LogP contribution in [0.5, 0.6) is 0 Å². The molecule has 2 fully saturated rings. The third-order valence-corrected chi connectivity index (χ3v) is 4.95. The summed E-state index contributed by atoms with van der Waals surface area (Å²) in [6, 6.07) is 8.26. The van der Waals surface area contributed by atoms with E-state index in [4.69, 9.17) is 9.47 Å². The van der Waals surface area contributed by atoms with Gasteiger partial charge in [0, 0.05) is 31.9 Å². The molecule has 2 aliphatic rings. The quantitative estimate of drug-likeness (QED) is 0.822. The number of nitrogens with zero attached hydrogens (tertiary/aromatic N) is 4. The van der Waals surface area contributed by atoms with Crippen LogP contribution in [0.25, 0.3) is 0 Å². The van der Waals surface area contributed by atoms with E-state index in [0.29, 0.717) is 18.8 Å². The highest BCUT2D eigenvalue weighted by Gasteiger charge is 2.18. The Morgan fingerprint density at radius 1 is 1.19 bits per heavy atom. The number of aromatic nitrogens is 3. The van der Waals surface area contributed by atoms with Gasteiger partial charge in [0.2, 0.25) is 0 Å². The fraction of sp³-hybridized carbons (Fsp3) is 0.526. The fourth-order valence-electron chi connectivity index (χ4n) is 3.41. The van der Waals surface area contributed by atoms with E-state index in [1.54, 1.807) is 10.9 Å². The summed E-state index contributed by atoms with van der Waals surface area (Å²) in [6.45, 7) is 5.27. The zero-order valence-electron chi connectivity index (χ0n) is 15.3. The average Bonchev–Trinajstić information content (AvgIpc) is 3.40. The molecule has 0 radical (unpaired) electrons. The van der Waals surface area contributed by atoms with Crippen LogP contribution < -0.4 is 10.2 Å². The van der Waals surface area contributed by atoms with Gasteiger partial charge in [-0.15, -0.1) is 5.10 Å². The van der Waals surface area contributed by atoms with E-state index >= 15 is 0 Å². The van der Waals surface area contributed by atoms with Crippen molar-refractivity contribution in [1.82, 2.24) is 20.3 Å². The fourth-order valence-corrected chi connectivity index (χ4v) is 3.41. The molecule has 27 heavy (non-hydrogen) atoms. The third kappa shape index (κ3) is 4.64. The van der Waals surface area contributed by atoms with Gasteiger partial charge >= 0.3 is 0 Å². The molecule has 144 valence electrons. The van der Waals surface area contributed by atoms with Crippen LogP contribution in [0.3, 0.4) is 0 Å². The lowest BCUT2D eigenvalue weighted by Crippen LogP contribution is -2.36. The normalized spacial score (nSPS) is 20.0. The van der Waals surface area contributed by atoms with Gasteiger partial charge in [-0.1, -0.05) is 17.3 Å². The number of carbonyl (C=O) groups is 1. The monoisotopic (exact) mass is 371 g/mol. The lowest BCUT2D eigenvalue weighted by Gasteiger charge is -2.28. The molecule has 0 spiro atoms. The van der Waals surface area contributed by atoms with E-state index in [1.165, 1.54) is 5.69 Å². The van der Waals surface area contributed by atoms with Gasteiger partial charge in [0.25, 0.3) is 5.91 Å². The maximum Gasteiger partial charge on any atom is 0.273 e. The maximum atomic E-state index is 12.3. The minimum absolute atomic E-state index is 0.174. The summed E-state index contributed by atoms with van der Waals surface area (Å²) in [5.74, 6) is -0.217. The topological polar surface area (TPSA) is 81.5 Å². The first-order chi connectivity index (χ1) is 13.3. The van der Waals surface area contributed by atoms with Crippen molar-refractivity contribution >= 4 is 11.6 Å². The highest BCUT2D eigenvalue weighted by atomic mass is 16.5. The zero-order chi connectivity index (χ0) is 18.5. The lowest BCUT2D eigenvalue weighted by atomic mass is 10.2. The summed E-state index contributed by atoms with van der Waals surface area (Å²) >= 11 is 0. The summed E-state index contributed by atoms with van der Waals surface area (Å²) in [4.78, 5) is 14.6. The van der Waals surface area contributed by atoms with Crippen LogP contribution in [-0.2, 0) is 22.6 Å². The van der Waals surface area contributed by atoms with Crippen LogP contribution in [0.2, 0.25) is 0 Å². The predicted molar refractivity (Wildman–Crippen MR) is 99.6 cm³/mol. The van der Waals surface area contributed by atoms with Crippen molar-refractivity contribution in [3.8, 4) is 0 Å². The van der Waals surface area contributed by atoms with Crippen LogP contribution in [0, 0.1) is 0 Å². The molecule has 1 amide bonds. The molecule has 8 nitrogen and oxygen atoms in total. The Morgan fingerprint density at radius 2 is 2.00 bits per heavy atom. The van der Waals surface area contributed by atoms with Gasteiger partial charge in [0.1, 0.15) is 0 Å². The highest BCUT2D eigenvalue weighted by molar-refractivity contribution is 5.91. The number of nitrogens with one attached hydrogen (secondary N) is 1. The lowest BCUT2D eigenvalue weighted by molar-refractivity contribution is 0.0929. The second-order valence-corrected chi connectivity index (χ2v) is 6.91. The molecular formula is C19H25N5O3. The summed E-state index contributed by atoms with van der Waals surface area (Å²) in [5.41, 5.74) is 2.57. The molecule has 2 aliphatic heterocycles. The molecule has 1 atom stereocenters. The van der Waals surface area contributed by atoms with E-state index in [1.807, 2.05) is 12.1 Å². The Bertz CT molecular complexity index is 749. The molecule has 1 aromatic heterocycles. The minimum atomic E-state index is -0.217. The van der Waals surface area contributed by atoms with Crippen molar-refractivity contribution in [3.63, 3.8) is 0 Å². The van der Waals surface area contributed by atoms with Gasteiger partial charge in [-0.05, 0) is 30.5 Å². The van der Waals surface area contributed by atoms with Gasteiger partial charge < -0.3 is 19.7 Å². The minimum Gasteiger partial charge on any atom is -0.378 e. The van der Waals surface area contributed by atoms with Crippen LogP contribution in [0.4, 0.5) is 5.69 Å². The first-order valence-electron chi connectivity index (χ1n) is 9.49. The molecule has 2 saturated heterocycles. The third-order valence-electron chi connectivity index (χ3n) is 4.95. The molecule has 0 saturated carbocycles. The number of anilines is 1. The van der Waals surface area contributed by atoms with Crippen molar-refractivity contribution in [2.24, 2.45) is 0 Å². The molecule has 3 heterocycles. The summed E-state index contributed by atoms with van der Waals surface area (Å²) in [7, 11) is 0. The van der Waals surface area contributed by atoms with E-state index in [2.05, 4.69) is 32.7 Å². The number of rotatable bonds is 6. The second kappa shape index (κ2) is 8.49. The van der Waals surface area contributed by atoms with Gasteiger partial charge in [-0.3, -0.25) is 4.79 Å². The number of morpholine rings is 1. The smallest absolute Gasteiger partial charge is 0.273 e. The Hall–Kier alpha value is -2.45. The van der Waals surface area contributed by atoms with E-state index < -0.39 is 0 Å². The zero-order valence-corrected chi connectivity index (χ0v) is 15.3. The van der Waals surface area contributed by atoms with Crippen LogP contribution >= 0.6 is 0 Å². The first kappa shape index (κ1) is 17.9. The SMILES string of the molecule is O=C(NCc1ccc(N2CCOCC2)cc1)c1cn(C[C@H]2CCCO2)nn1. The number of ether oxygens (including phenoxy) is 2. The number of benzene rings is 1. The molecule has 1 N–H and O–H groups in total. The van der Waals surface area contributed by atoms with Crippen LogP contribution in [0.15, 0.2) is 30.5 Å². The molecule has 0 bridgehead atoms. The summed E-state index contributed by atoms with van der Waals surface area (Å²) in [5, 5.41) is 10.9. The molecule has 0 aliphatic carbocycles. The van der Waals surface area contributed by atoms with E-state index in [0.717, 1.165) is 51.3 Å². The van der Waals surface area contributed by atoms with Crippen LogP contribution in [0.1, 0.15) is 28.9 Å². The highest BCUT2D eigenvalue weighted by Crippen LogP contribution is 2.17. The van der Waals surface area contributed by atoms with Crippen LogP contribution in [-0.4, -0.2) is 59.9 Å². The maximum absolute atomic E-state index is 12.3. The largest absolute Gasteiger partial charge is 0.378 e. The van der Waals surface area contributed by atoms with Crippen molar-refractivity contribution in [2.45, 2.75) is 32.0 Å². The Balaban J connectivity index is 1.28. The summed E-state index contributed by atoms with van der Waals surface area (Å²) < 4.78 is 12.7. The second-order valence-electron chi connectivity index (χ2n) is 6.91. The molecule has 2 aromatic rings. The standard InChI is InChI=1S/C19H25N5O3/c25-19(18-14-24(22-21-18)13-17-2-1-9-27-17)20-12-15-3-5-16(6-4-15)23-7-10-26-11-8-23/h3-6,14,17H,1-2,7-13H2,(H,20,25)/t17-/m1/s1. The Kier molecular flexibility index (Phi) is 5.64. The Morgan fingerprint density at radius 3 is 2.74 bits per heavy atom. The first-order valence-corrected chi connectivity index (χ1v) is 9.49. The predicted octanol–water partition coefficient (Wildman–Crippen LogP) is 1.22. The van der Waals surface area contributed by atoms with Gasteiger partial charge in [0.05, 0.1) is 32.1 Å². The van der Waals surface area contributed by atoms with Crippen molar-refractivity contribution < 1.29 is 14.3 Å². The molecule has 1 aromatic carbocycles. The molecule has 4 rings (SSSR count). The molecule has 0 unspecified atom stereocenters. The number of hydrogen-bond donors (Lipinski definition) is 1. The van der Waals surface area contributed by atoms with Crippen molar-refractivity contribution in [3.05, 3.63) is 41.7 Å². The molecular weight excluding hydrogens is 346 g/mol. The van der Waals surface area contributed by atoms with Crippen molar-refractivity contribution in [2.75, 3.05) is 37.8 Å². The number of amides is 1. The van der Waals surface area contributed by atoms with Gasteiger partial charge in [-0.2, -0.15) is 0 Å². The van der Waals surface area contributed by atoms with E-state index in [9.17, 15) is 4.79 Å². The van der Waals surface area contributed by atoms with Gasteiger partial charge in [0.15, 0.2) is 5.69 Å². The number of carbonyl (C=O) groups excluding carboxylic acids is 1.